The Morgan fingerprint density at radius 2 is 2.21 bits per heavy atom. The summed E-state index contributed by atoms with van der Waals surface area (Å²) in [7, 11) is 0. The van der Waals surface area contributed by atoms with Crippen LogP contribution < -0.4 is 0 Å². The SMILES string of the molecule is Cc1c(C(=O)N2CCCC(C)C2)nnn1-c1cccc([N+](=O)[O-])c1. The number of carbonyl (C=O) groups is 1. The number of aromatic nitrogens is 3. The van der Waals surface area contributed by atoms with Crippen LogP contribution >= 0.6 is 0 Å². The number of nitrogens with zero attached hydrogens (tertiary/aromatic N) is 5. The molecular formula is C16H19N5O3. The third-order valence-corrected chi connectivity index (χ3v) is 4.33. The summed E-state index contributed by atoms with van der Waals surface area (Å²) in [5, 5.41) is 19.0. The van der Waals surface area contributed by atoms with Crippen molar-refractivity contribution in [2.75, 3.05) is 13.1 Å². The molecule has 1 aliphatic heterocycles. The summed E-state index contributed by atoms with van der Waals surface area (Å²) in [6, 6.07) is 6.12. The fourth-order valence-corrected chi connectivity index (χ4v) is 3.03. The van der Waals surface area contributed by atoms with Crippen LogP contribution in [0.3, 0.4) is 0 Å². The number of nitro groups is 1. The van der Waals surface area contributed by atoms with Gasteiger partial charge in [0.15, 0.2) is 5.69 Å². The first kappa shape index (κ1) is 16.1. The maximum Gasteiger partial charge on any atom is 0.276 e. The van der Waals surface area contributed by atoms with E-state index in [1.807, 2.05) is 4.90 Å². The molecule has 8 heteroatoms. The summed E-state index contributed by atoms with van der Waals surface area (Å²) in [4.78, 5) is 25.0. The summed E-state index contributed by atoms with van der Waals surface area (Å²) < 4.78 is 1.47. The molecule has 3 rings (SSSR count). The molecule has 2 aromatic rings. The minimum atomic E-state index is -0.461. The zero-order valence-corrected chi connectivity index (χ0v) is 13.7. The second-order valence-corrected chi connectivity index (χ2v) is 6.21. The summed E-state index contributed by atoms with van der Waals surface area (Å²) in [5.74, 6) is 0.352. The standard InChI is InChI=1S/C16H19N5O3/c1-11-5-4-8-19(10-11)16(22)15-12(2)20(18-17-15)13-6-3-7-14(9-13)21(23)24/h3,6-7,9,11H,4-5,8,10H2,1-2H3. The zero-order chi connectivity index (χ0) is 17.3. The van der Waals surface area contributed by atoms with E-state index in [0.717, 1.165) is 25.9 Å². The first-order valence-electron chi connectivity index (χ1n) is 7.93. The Labute approximate surface area is 139 Å². The van der Waals surface area contributed by atoms with Gasteiger partial charge in [-0.2, -0.15) is 0 Å². The van der Waals surface area contributed by atoms with E-state index < -0.39 is 4.92 Å². The van der Waals surface area contributed by atoms with Gasteiger partial charge in [-0.3, -0.25) is 14.9 Å². The van der Waals surface area contributed by atoms with Gasteiger partial charge in [-0.15, -0.1) is 5.10 Å². The Bertz CT molecular complexity index is 786. The maximum atomic E-state index is 12.7. The Hall–Kier alpha value is -2.77. The van der Waals surface area contributed by atoms with Gasteiger partial charge in [0.2, 0.25) is 0 Å². The molecule has 1 aromatic heterocycles. The van der Waals surface area contributed by atoms with Gasteiger partial charge in [0.25, 0.3) is 11.6 Å². The molecule has 0 saturated carbocycles. The Balaban J connectivity index is 1.90. The number of carbonyl (C=O) groups excluding carboxylic acids is 1. The molecule has 1 amide bonds. The molecular weight excluding hydrogens is 310 g/mol. The number of amides is 1. The molecule has 126 valence electrons. The van der Waals surface area contributed by atoms with Crippen LogP contribution in [0.4, 0.5) is 5.69 Å². The van der Waals surface area contributed by atoms with E-state index in [2.05, 4.69) is 17.2 Å². The second kappa shape index (κ2) is 6.38. The third-order valence-electron chi connectivity index (χ3n) is 4.33. The lowest BCUT2D eigenvalue weighted by molar-refractivity contribution is -0.384. The van der Waals surface area contributed by atoms with Gasteiger partial charge < -0.3 is 4.90 Å². The first-order valence-corrected chi connectivity index (χ1v) is 7.93. The summed E-state index contributed by atoms with van der Waals surface area (Å²) in [6.07, 6.45) is 2.12. The van der Waals surface area contributed by atoms with Crippen LogP contribution in [-0.2, 0) is 0 Å². The molecule has 0 bridgehead atoms. The topological polar surface area (TPSA) is 94.2 Å². The predicted molar refractivity (Wildman–Crippen MR) is 87.1 cm³/mol. The molecule has 24 heavy (non-hydrogen) atoms. The van der Waals surface area contributed by atoms with Crippen LogP contribution in [0.2, 0.25) is 0 Å². The molecule has 2 heterocycles. The molecule has 1 aromatic carbocycles. The largest absolute Gasteiger partial charge is 0.337 e. The van der Waals surface area contributed by atoms with Crippen LogP contribution in [0.5, 0.6) is 0 Å². The van der Waals surface area contributed by atoms with Crippen molar-refractivity contribution < 1.29 is 9.72 Å². The number of benzene rings is 1. The number of non-ortho nitro benzene ring substituents is 1. The molecule has 0 spiro atoms. The lowest BCUT2D eigenvalue weighted by Gasteiger charge is -2.30. The van der Waals surface area contributed by atoms with E-state index in [4.69, 9.17) is 0 Å². The van der Waals surface area contributed by atoms with Crippen molar-refractivity contribution in [2.45, 2.75) is 26.7 Å². The lowest BCUT2D eigenvalue weighted by atomic mass is 10.00. The number of piperidine rings is 1. The van der Waals surface area contributed by atoms with Crippen molar-refractivity contribution in [1.29, 1.82) is 0 Å². The molecule has 0 aliphatic carbocycles. The van der Waals surface area contributed by atoms with Crippen molar-refractivity contribution in [1.82, 2.24) is 19.9 Å². The monoisotopic (exact) mass is 329 g/mol. The molecule has 1 atom stereocenters. The van der Waals surface area contributed by atoms with Crippen molar-refractivity contribution in [3.05, 3.63) is 45.8 Å². The molecule has 0 N–H and O–H groups in total. The van der Waals surface area contributed by atoms with Gasteiger partial charge in [0, 0.05) is 25.2 Å². The molecule has 8 nitrogen and oxygen atoms in total. The number of rotatable bonds is 3. The Kier molecular flexibility index (Phi) is 4.28. The zero-order valence-electron chi connectivity index (χ0n) is 13.7. The first-order chi connectivity index (χ1) is 11.5. The van der Waals surface area contributed by atoms with Gasteiger partial charge in [0.1, 0.15) is 0 Å². The van der Waals surface area contributed by atoms with Crippen LogP contribution in [-0.4, -0.2) is 43.8 Å². The van der Waals surface area contributed by atoms with E-state index in [9.17, 15) is 14.9 Å². The van der Waals surface area contributed by atoms with Crippen LogP contribution in [0.1, 0.15) is 35.9 Å². The van der Waals surface area contributed by atoms with Gasteiger partial charge >= 0.3 is 0 Å². The second-order valence-electron chi connectivity index (χ2n) is 6.21. The summed E-state index contributed by atoms with van der Waals surface area (Å²) in [5.41, 5.74) is 1.37. The molecule has 1 unspecified atom stereocenters. The third kappa shape index (κ3) is 2.99. The number of hydrogen-bond acceptors (Lipinski definition) is 5. The highest BCUT2D eigenvalue weighted by molar-refractivity contribution is 5.93. The number of nitro benzene ring substituents is 1. The summed E-state index contributed by atoms with van der Waals surface area (Å²) >= 11 is 0. The highest BCUT2D eigenvalue weighted by atomic mass is 16.6. The average molecular weight is 329 g/mol. The van der Waals surface area contributed by atoms with E-state index in [0.29, 0.717) is 23.0 Å². The van der Waals surface area contributed by atoms with Gasteiger partial charge in [0.05, 0.1) is 16.3 Å². The maximum absolute atomic E-state index is 12.7. The van der Waals surface area contributed by atoms with Crippen molar-refractivity contribution in [3.8, 4) is 5.69 Å². The highest BCUT2D eigenvalue weighted by Gasteiger charge is 2.26. The number of hydrogen-bond donors (Lipinski definition) is 0. The van der Waals surface area contributed by atoms with E-state index >= 15 is 0 Å². The van der Waals surface area contributed by atoms with Crippen molar-refractivity contribution in [2.24, 2.45) is 5.92 Å². The van der Waals surface area contributed by atoms with E-state index in [-0.39, 0.29) is 11.6 Å². The lowest BCUT2D eigenvalue weighted by Crippen LogP contribution is -2.39. The fourth-order valence-electron chi connectivity index (χ4n) is 3.03. The normalized spacial score (nSPS) is 17.8. The van der Waals surface area contributed by atoms with Gasteiger partial charge in [-0.25, -0.2) is 4.68 Å². The summed E-state index contributed by atoms with van der Waals surface area (Å²) in [6.45, 7) is 5.33. The van der Waals surface area contributed by atoms with Crippen molar-refractivity contribution in [3.63, 3.8) is 0 Å². The molecule has 1 saturated heterocycles. The number of likely N-dealkylation sites (tertiary alicyclic amines) is 1. The average Bonchev–Trinajstić information content (AvgIpc) is 2.96. The smallest absolute Gasteiger partial charge is 0.276 e. The van der Waals surface area contributed by atoms with Crippen LogP contribution in [0, 0.1) is 23.0 Å². The van der Waals surface area contributed by atoms with Gasteiger partial charge in [-0.1, -0.05) is 18.2 Å². The molecule has 1 aliphatic rings. The molecule has 0 radical (unpaired) electrons. The minimum absolute atomic E-state index is 0.0277. The Morgan fingerprint density at radius 1 is 1.42 bits per heavy atom. The fraction of sp³-hybridized carbons (Fsp3) is 0.438. The van der Waals surface area contributed by atoms with Crippen LogP contribution in [0.15, 0.2) is 24.3 Å². The quantitative estimate of drug-likeness (QED) is 0.636. The van der Waals surface area contributed by atoms with Gasteiger partial charge in [-0.05, 0) is 31.7 Å². The molecule has 1 fully saturated rings. The van der Waals surface area contributed by atoms with Crippen molar-refractivity contribution >= 4 is 11.6 Å². The van der Waals surface area contributed by atoms with E-state index in [1.165, 1.54) is 16.8 Å². The highest BCUT2D eigenvalue weighted by Crippen LogP contribution is 2.21. The predicted octanol–water partition coefficient (Wildman–Crippen LogP) is 2.36. The van der Waals surface area contributed by atoms with Crippen LogP contribution in [0.25, 0.3) is 5.69 Å². The minimum Gasteiger partial charge on any atom is -0.337 e. The Morgan fingerprint density at radius 3 is 2.92 bits per heavy atom. The van der Waals surface area contributed by atoms with E-state index in [1.54, 1.807) is 19.1 Å².